The van der Waals surface area contributed by atoms with Crippen LogP contribution in [0.1, 0.15) is 47.5 Å². The summed E-state index contributed by atoms with van der Waals surface area (Å²) in [5, 5.41) is 2.84. The predicted octanol–water partition coefficient (Wildman–Crippen LogP) is 3.90. The number of hydrogen-bond donors (Lipinski definition) is 2. The van der Waals surface area contributed by atoms with E-state index in [1.807, 2.05) is 33.8 Å². The van der Waals surface area contributed by atoms with Gasteiger partial charge in [0.15, 0.2) is 0 Å². The molecule has 0 aliphatic heterocycles. The van der Waals surface area contributed by atoms with Crippen molar-refractivity contribution in [3.8, 4) is 0 Å². The summed E-state index contributed by atoms with van der Waals surface area (Å²) in [6, 6.07) is 0.0588. The third-order valence-corrected chi connectivity index (χ3v) is 2.94. The van der Waals surface area contributed by atoms with E-state index in [2.05, 4.69) is 25.4 Å². The molecule has 1 amide bonds. The standard InChI is InChI=1S/C17H30N2O2/c1-12(8-10-14(3)18)13(2)9-11-15(4)19-16(20)21-17(5,6)7/h8,10,13,15H,1,3,9,11,18H2,2,4-7H3,(H,19,20)/b10-8-. The Balaban J connectivity index is 4.13. The molecule has 21 heavy (non-hydrogen) atoms. The van der Waals surface area contributed by atoms with Gasteiger partial charge < -0.3 is 15.8 Å². The SMILES string of the molecule is C=C(N)/C=C\C(=C)C(C)CCC(C)NC(=O)OC(C)(C)C. The third-order valence-electron chi connectivity index (χ3n) is 2.94. The summed E-state index contributed by atoms with van der Waals surface area (Å²) in [5.74, 6) is 0.323. The maximum absolute atomic E-state index is 11.6. The monoisotopic (exact) mass is 294 g/mol. The van der Waals surface area contributed by atoms with E-state index < -0.39 is 5.60 Å². The Morgan fingerprint density at radius 2 is 1.81 bits per heavy atom. The summed E-state index contributed by atoms with van der Waals surface area (Å²) in [5.41, 5.74) is 6.54. The molecule has 0 aliphatic rings. The molecule has 2 atom stereocenters. The molecule has 0 rings (SSSR count). The Morgan fingerprint density at radius 3 is 2.29 bits per heavy atom. The minimum atomic E-state index is -0.471. The number of ether oxygens (including phenoxy) is 1. The van der Waals surface area contributed by atoms with Crippen LogP contribution in [0.25, 0.3) is 0 Å². The smallest absolute Gasteiger partial charge is 0.407 e. The molecule has 0 fully saturated rings. The molecule has 0 aromatic heterocycles. The van der Waals surface area contributed by atoms with Crippen LogP contribution in [0.3, 0.4) is 0 Å². The van der Waals surface area contributed by atoms with E-state index in [9.17, 15) is 4.79 Å². The average Bonchev–Trinajstić information content (AvgIpc) is 2.30. The van der Waals surface area contributed by atoms with E-state index in [1.165, 1.54) is 0 Å². The zero-order valence-electron chi connectivity index (χ0n) is 14.0. The lowest BCUT2D eigenvalue weighted by Crippen LogP contribution is -2.37. The average molecular weight is 294 g/mol. The van der Waals surface area contributed by atoms with Gasteiger partial charge in [-0.1, -0.05) is 31.7 Å². The number of alkyl carbamates (subject to hydrolysis) is 1. The van der Waals surface area contributed by atoms with Crippen LogP contribution in [-0.4, -0.2) is 17.7 Å². The molecule has 4 heteroatoms. The van der Waals surface area contributed by atoms with Crippen molar-refractivity contribution in [3.05, 3.63) is 36.6 Å². The second kappa shape index (κ2) is 8.55. The normalized spacial score (nSPS) is 14.5. The molecule has 0 spiro atoms. The Kier molecular flexibility index (Phi) is 7.85. The van der Waals surface area contributed by atoms with E-state index in [1.54, 1.807) is 6.08 Å². The molecule has 0 aromatic rings. The van der Waals surface area contributed by atoms with Crippen LogP contribution in [0.5, 0.6) is 0 Å². The van der Waals surface area contributed by atoms with Crippen molar-refractivity contribution in [3.63, 3.8) is 0 Å². The second-order valence-electron chi connectivity index (χ2n) is 6.51. The number of hydrogen-bond acceptors (Lipinski definition) is 3. The fourth-order valence-corrected chi connectivity index (χ4v) is 1.64. The van der Waals surface area contributed by atoms with Gasteiger partial charge in [0.25, 0.3) is 0 Å². The number of nitrogens with one attached hydrogen (secondary N) is 1. The summed E-state index contributed by atoms with van der Waals surface area (Å²) < 4.78 is 5.23. The number of amides is 1. The van der Waals surface area contributed by atoms with Crippen molar-refractivity contribution in [2.24, 2.45) is 11.7 Å². The highest BCUT2D eigenvalue weighted by atomic mass is 16.6. The van der Waals surface area contributed by atoms with Gasteiger partial charge >= 0.3 is 6.09 Å². The first-order valence-electron chi connectivity index (χ1n) is 7.32. The van der Waals surface area contributed by atoms with Crippen LogP contribution in [0.15, 0.2) is 36.6 Å². The van der Waals surface area contributed by atoms with E-state index in [0.717, 1.165) is 18.4 Å². The molecule has 0 radical (unpaired) electrons. The number of nitrogens with two attached hydrogens (primary N) is 1. The summed E-state index contributed by atoms with van der Waals surface area (Å²) in [4.78, 5) is 11.6. The second-order valence-corrected chi connectivity index (χ2v) is 6.51. The van der Waals surface area contributed by atoms with Gasteiger partial charge in [0.05, 0.1) is 0 Å². The number of carbonyl (C=O) groups excluding carboxylic acids is 1. The summed E-state index contributed by atoms with van der Waals surface area (Å²) in [6.45, 7) is 17.2. The fourth-order valence-electron chi connectivity index (χ4n) is 1.64. The molecule has 0 aromatic carbocycles. The number of carbonyl (C=O) groups is 1. The molecule has 4 nitrogen and oxygen atoms in total. The molecular formula is C17H30N2O2. The first kappa shape index (κ1) is 19.3. The van der Waals surface area contributed by atoms with Gasteiger partial charge in [0.2, 0.25) is 0 Å². The first-order valence-corrected chi connectivity index (χ1v) is 7.32. The number of allylic oxidation sites excluding steroid dienone is 3. The van der Waals surface area contributed by atoms with Crippen LogP contribution >= 0.6 is 0 Å². The maximum atomic E-state index is 11.6. The maximum Gasteiger partial charge on any atom is 0.407 e. The molecule has 0 saturated heterocycles. The van der Waals surface area contributed by atoms with E-state index in [-0.39, 0.29) is 12.1 Å². The minimum Gasteiger partial charge on any atom is -0.444 e. The lowest BCUT2D eigenvalue weighted by Gasteiger charge is -2.22. The van der Waals surface area contributed by atoms with E-state index in [0.29, 0.717) is 11.6 Å². The van der Waals surface area contributed by atoms with Gasteiger partial charge in [-0.25, -0.2) is 4.79 Å². The zero-order valence-corrected chi connectivity index (χ0v) is 14.0. The quantitative estimate of drug-likeness (QED) is 0.700. The topological polar surface area (TPSA) is 64.3 Å². The lowest BCUT2D eigenvalue weighted by molar-refractivity contribution is 0.0505. The highest BCUT2D eigenvalue weighted by Gasteiger charge is 2.18. The minimum absolute atomic E-state index is 0.0588. The Labute approximate surface area is 129 Å². The molecule has 2 unspecified atom stereocenters. The van der Waals surface area contributed by atoms with Crippen molar-refractivity contribution in [2.75, 3.05) is 0 Å². The van der Waals surface area contributed by atoms with Gasteiger partial charge in [-0.3, -0.25) is 0 Å². The van der Waals surface area contributed by atoms with Crippen LogP contribution < -0.4 is 11.1 Å². The van der Waals surface area contributed by atoms with E-state index >= 15 is 0 Å². The molecule has 3 N–H and O–H groups in total. The van der Waals surface area contributed by atoms with Gasteiger partial charge in [-0.15, -0.1) is 0 Å². The Morgan fingerprint density at radius 1 is 1.24 bits per heavy atom. The zero-order chi connectivity index (χ0) is 16.6. The van der Waals surface area contributed by atoms with Crippen molar-refractivity contribution in [2.45, 2.75) is 59.1 Å². The molecule has 0 saturated carbocycles. The van der Waals surface area contributed by atoms with Crippen molar-refractivity contribution < 1.29 is 9.53 Å². The van der Waals surface area contributed by atoms with E-state index in [4.69, 9.17) is 10.5 Å². The highest BCUT2D eigenvalue weighted by molar-refractivity contribution is 5.67. The van der Waals surface area contributed by atoms with Gasteiger partial charge in [0, 0.05) is 11.7 Å². The Hall–Kier alpha value is -1.71. The van der Waals surface area contributed by atoms with Crippen LogP contribution in [-0.2, 0) is 4.74 Å². The van der Waals surface area contributed by atoms with Crippen LogP contribution in [0.4, 0.5) is 4.79 Å². The first-order chi connectivity index (χ1) is 9.51. The largest absolute Gasteiger partial charge is 0.444 e. The van der Waals surface area contributed by atoms with Gasteiger partial charge in [0.1, 0.15) is 5.60 Å². The van der Waals surface area contributed by atoms with Crippen molar-refractivity contribution in [1.82, 2.24) is 5.32 Å². The van der Waals surface area contributed by atoms with Crippen molar-refractivity contribution >= 4 is 6.09 Å². The summed E-state index contributed by atoms with van der Waals surface area (Å²) in [6.07, 6.45) is 5.05. The predicted molar refractivity (Wildman–Crippen MR) is 88.8 cm³/mol. The third kappa shape index (κ3) is 10.7. The van der Waals surface area contributed by atoms with Gasteiger partial charge in [-0.05, 0) is 52.5 Å². The molecular weight excluding hydrogens is 264 g/mol. The van der Waals surface area contributed by atoms with Gasteiger partial charge in [-0.2, -0.15) is 0 Å². The fraction of sp³-hybridized carbons (Fsp3) is 0.588. The molecule has 0 heterocycles. The van der Waals surface area contributed by atoms with Crippen LogP contribution in [0, 0.1) is 5.92 Å². The Bertz CT molecular complexity index is 406. The highest BCUT2D eigenvalue weighted by Crippen LogP contribution is 2.17. The molecule has 0 aliphatic carbocycles. The lowest BCUT2D eigenvalue weighted by atomic mass is 9.95. The molecule has 0 bridgehead atoms. The summed E-state index contributed by atoms with van der Waals surface area (Å²) in [7, 11) is 0. The van der Waals surface area contributed by atoms with Crippen LogP contribution in [0.2, 0.25) is 0 Å². The summed E-state index contributed by atoms with van der Waals surface area (Å²) >= 11 is 0. The number of rotatable bonds is 7. The van der Waals surface area contributed by atoms with Crippen molar-refractivity contribution in [1.29, 1.82) is 0 Å². The molecule has 120 valence electrons.